The van der Waals surface area contributed by atoms with Crippen LogP contribution in [0.5, 0.6) is 0 Å². The molecule has 0 saturated carbocycles. The van der Waals surface area contributed by atoms with Crippen LogP contribution in [0.2, 0.25) is 0 Å². The average molecular weight is 513 g/mol. The highest BCUT2D eigenvalue weighted by molar-refractivity contribution is 7.25. The molecule has 0 N–H and O–H groups in total. The van der Waals surface area contributed by atoms with Gasteiger partial charge in [0.1, 0.15) is 0 Å². The fourth-order valence-corrected chi connectivity index (χ4v) is 7.18. The second-order valence-corrected chi connectivity index (χ2v) is 11.2. The number of fused-ring (bicyclic) bond motifs is 5. The highest BCUT2D eigenvalue weighted by Crippen LogP contribution is 2.44. The van der Waals surface area contributed by atoms with Crippen LogP contribution in [0, 0.1) is 0 Å². The number of benzene rings is 7. The van der Waals surface area contributed by atoms with E-state index < -0.39 is 0 Å². The minimum atomic E-state index is 1.24. The Kier molecular flexibility index (Phi) is 5.11. The first-order valence-electron chi connectivity index (χ1n) is 13.4. The van der Waals surface area contributed by atoms with Crippen molar-refractivity contribution in [2.45, 2.75) is 0 Å². The van der Waals surface area contributed by atoms with Gasteiger partial charge in [-0.2, -0.15) is 0 Å². The number of hydrogen-bond acceptors (Lipinski definition) is 1. The lowest BCUT2D eigenvalue weighted by Crippen LogP contribution is -1.90. The first-order chi connectivity index (χ1) is 19.3. The first-order valence-corrected chi connectivity index (χ1v) is 14.2. The summed E-state index contributed by atoms with van der Waals surface area (Å²) < 4.78 is 2.69. The molecule has 0 aliphatic rings. The molecule has 0 bridgehead atoms. The third kappa shape index (κ3) is 3.59. The van der Waals surface area contributed by atoms with Gasteiger partial charge in [0, 0.05) is 20.2 Å². The molecule has 0 fully saturated rings. The summed E-state index contributed by atoms with van der Waals surface area (Å²) in [6.07, 6.45) is 0. The molecule has 0 spiro atoms. The van der Waals surface area contributed by atoms with Crippen molar-refractivity contribution < 1.29 is 0 Å². The van der Waals surface area contributed by atoms with Gasteiger partial charge in [0.25, 0.3) is 0 Å². The summed E-state index contributed by atoms with van der Waals surface area (Å²) >= 11 is 1.87. The van der Waals surface area contributed by atoms with Crippen molar-refractivity contribution >= 4 is 53.1 Å². The monoisotopic (exact) mass is 512 g/mol. The van der Waals surface area contributed by atoms with E-state index >= 15 is 0 Å². The summed E-state index contributed by atoms with van der Waals surface area (Å²) in [5, 5.41) is 7.83. The molecule has 0 amide bonds. The number of rotatable bonds is 3. The topological polar surface area (TPSA) is 0 Å². The van der Waals surface area contributed by atoms with Crippen molar-refractivity contribution in [3.05, 3.63) is 146 Å². The van der Waals surface area contributed by atoms with Crippen molar-refractivity contribution in [1.29, 1.82) is 0 Å². The Labute approximate surface area is 231 Å². The molecule has 182 valence electrons. The zero-order valence-electron chi connectivity index (χ0n) is 21.3. The summed E-state index contributed by atoms with van der Waals surface area (Å²) in [4.78, 5) is 0. The van der Waals surface area contributed by atoms with Crippen LogP contribution in [0.3, 0.4) is 0 Å². The lowest BCUT2D eigenvalue weighted by Gasteiger charge is -2.18. The minimum Gasteiger partial charge on any atom is -0.135 e. The molecule has 8 aromatic rings. The van der Waals surface area contributed by atoms with Crippen molar-refractivity contribution in [3.63, 3.8) is 0 Å². The summed E-state index contributed by atoms with van der Waals surface area (Å²) in [6.45, 7) is 0. The Morgan fingerprint density at radius 2 is 0.718 bits per heavy atom. The van der Waals surface area contributed by atoms with Gasteiger partial charge >= 0.3 is 0 Å². The Morgan fingerprint density at radius 3 is 1.33 bits per heavy atom. The highest BCUT2D eigenvalue weighted by Gasteiger charge is 2.16. The lowest BCUT2D eigenvalue weighted by molar-refractivity contribution is 1.63. The van der Waals surface area contributed by atoms with E-state index in [4.69, 9.17) is 0 Å². The highest BCUT2D eigenvalue weighted by atomic mass is 32.1. The maximum Gasteiger partial charge on any atom is 0.0355 e. The largest absolute Gasteiger partial charge is 0.135 e. The summed E-state index contributed by atoms with van der Waals surface area (Å²) in [5.41, 5.74) is 7.60. The van der Waals surface area contributed by atoms with Gasteiger partial charge < -0.3 is 0 Å². The average Bonchev–Trinajstić information content (AvgIpc) is 3.38. The Bertz CT molecular complexity index is 2090. The lowest BCUT2D eigenvalue weighted by atomic mass is 9.86. The van der Waals surface area contributed by atoms with Crippen molar-refractivity contribution in [2.75, 3.05) is 0 Å². The summed E-state index contributed by atoms with van der Waals surface area (Å²) in [6, 6.07) is 53.2. The van der Waals surface area contributed by atoms with Crippen LogP contribution in [0.25, 0.3) is 75.1 Å². The molecule has 8 rings (SSSR count). The van der Waals surface area contributed by atoms with Crippen LogP contribution in [-0.2, 0) is 0 Å². The molecule has 0 radical (unpaired) electrons. The SMILES string of the molecule is c1ccc(-c2c3ccccc3c(-c3ccc(-c4ccc5sc6ccccc6c5c4)cc3)c3ccccc23)cc1. The Morgan fingerprint density at radius 1 is 0.282 bits per heavy atom. The van der Waals surface area contributed by atoms with Gasteiger partial charge in [0.15, 0.2) is 0 Å². The maximum atomic E-state index is 2.35. The van der Waals surface area contributed by atoms with E-state index in [1.807, 2.05) is 11.3 Å². The third-order valence-electron chi connectivity index (χ3n) is 7.88. The molecule has 7 aromatic carbocycles. The third-order valence-corrected chi connectivity index (χ3v) is 9.03. The molecule has 0 aliphatic heterocycles. The van der Waals surface area contributed by atoms with Crippen LogP contribution in [0.4, 0.5) is 0 Å². The first kappa shape index (κ1) is 22.3. The van der Waals surface area contributed by atoms with Gasteiger partial charge in [-0.1, -0.05) is 127 Å². The van der Waals surface area contributed by atoms with Gasteiger partial charge in [-0.25, -0.2) is 0 Å². The van der Waals surface area contributed by atoms with E-state index in [-0.39, 0.29) is 0 Å². The van der Waals surface area contributed by atoms with Crippen LogP contribution < -0.4 is 0 Å². The van der Waals surface area contributed by atoms with Crippen molar-refractivity contribution in [3.8, 4) is 33.4 Å². The van der Waals surface area contributed by atoms with Crippen molar-refractivity contribution in [2.24, 2.45) is 0 Å². The Balaban J connectivity index is 1.31. The number of hydrogen-bond donors (Lipinski definition) is 0. The quantitative estimate of drug-likeness (QED) is 0.207. The van der Waals surface area contributed by atoms with E-state index in [1.54, 1.807) is 0 Å². The molecule has 0 unspecified atom stereocenters. The smallest absolute Gasteiger partial charge is 0.0355 e. The summed E-state index contributed by atoms with van der Waals surface area (Å²) in [7, 11) is 0. The standard InChI is InChI=1S/C38H24S/c1-2-10-26(11-3-1)37-30-13-4-6-15-32(30)38(33-16-7-5-14-31(33)37)27-20-18-25(19-21-27)28-22-23-36-34(24-28)29-12-8-9-17-35(29)39-36/h1-24H. The van der Waals surface area contributed by atoms with Crippen LogP contribution in [0.15, 0.2) is 146 Å². The van der Waals surface area contributed by atoms with Gasteiger partial charge in [-0.15, -0.1) is 11.3 Å². The van der Waals surface area contributed by atoms with Gasteiger partial charge in [-0.3, -0.25) is 0 Å². The van der Waals surface area contributed by atoms with Crippen LogP contribution in [-0.4, -0.2) is 0 Å². The van der Waals surface area contributed by atoms with E-state index in [9.17, 15) is 0 Å². The molecule has 0 saturated heterocycles. The van der Waals surface area contributed by atoms with E-state index in [1.165, 1.54) is 75.1 Å². The Hall–Kier alpha value is -4.72. The molecular weight excluding hydrogens is 488 g/mol. The zero-order chi connectivity index (χ0) is 25.8. The molecule has 0 atom stereocenters. The minimum absolute atomic E-state index is 1.24. The molecule has 1 heteroatoms. The van der Waals surface area contributed by atoms with E-state index in [0.29, 0.717) is 0 Å². The maximum absolute atomic E-state index is 2.35. The number of thiophene rings is 1. The van der Waals surface area contributed by atoms with E-state index in [2.05, 4.69) is 146 Å². The second-order valence-electron chi connectivity index (χ2n) is 10.1. The molecule has 1 aromatic heterocycles. The van der Waals surface area contributed by atoms with Gasteiger partial charge in [0.05, 0.1) is 0 Å². The van der Waals surface area contributed by atoms with Crippen LogP contribution in [0.1, 0.15) is 0 Å². The fourth-order valence-electron chi connectivity index (χ4n) is 6.09. The van der Waals surface area contributed by atoms with Gasteiger partial charge in [-0.05, 0) is 73.1 Å². The van der Waals surface area contributed by atoms with Gasteiger partial charge in [0.2, 0.25) is 0 Å². The fraction of sp³-hybridized carbons (Fsp3) is 0. The molecule has 39 heavy (non-hydrogen) atoms. The molecular formula is C38H24S. The van der Waals surface area contributed by atoms with Crippen LogP contribution >= 0.6 is 11.3 Å². The zero-order valence-corrected chi connectivity index (χ0v) is 22.1. The second kappa shape index (κ2) is 8.94. The normalized spacial score (nSPS) is 11.6. The summed E-state index contributed by atoms with van der Waals surface area (Å²) in [5.74, 6) is 0. The van der Waals surface area contributed by atoms with E-state index in [0.717, 1.165) is 0 Å². The molecule has 1 heterocycles. The predicted octanol–water partition coefficient (Wildman–Crippen LogP) is 11.4. The molecule has 0 aliphatic carbocycles. The molecule has 0 nitrogen and oxygen atoms in total. The van der Waals surface area contributed by atoms with Crippen molar-refractivity contribution in [1.82, 2.24) is 0 Å². The predicted molar refractivity (Wildman–Crippen MR) is 171 cm³/mol.